The molecule has 1 atom stereocenters. The number of aliphatic hydroxyl groups is 1. The highest BCUT2D eigenvalue weighted by Gasteiger charge is 2.34. The highest BCUT2D eigenvalue weighted by Crippen LogP contribution is 2.21. The molecule has 1 aromatic heterocycles. The molecule has 0 radical (unpaired) electrons. The van der Waals surface area contributed by atoms with Crippen LogP contribution in [-0.4, -0.2) is 44.3 Å². The van der Waals surface area contributed by atoms with Gasteiger partial charge in [-0.1, -0.05) is 41.9 Å². The Labute approximate surface area is 193 Å². The number of hydrogen-bond donors (Lipinski definition) is 1. The van der Waals surface area contributed by atoms with E-state index >= 15 is 0 Å². The number of carbonyl (C=O) groups excluding carboxylic acids is 2. The summed E-state index contributed by atoms with van der Waals surface area (Å²) in [6, 6.07) is 14.6. The summed E-state index contributed by atoms with van der Waals surface area (Å²) in [7, 11) is 0. The number of halogens is 1. The quantitative estimate of drug-likeness (QED) is 0.222. The average Bonchev–Trinajstić information content (AvgIpc) is 2.81. The zero-order valence-electron chi connectivity index (χ0n) is 17.3. The molecule has 0 bridgehead atoms. The number of nitrogens with zero attached hydrogens (tertiary/aromatic N) is 3. The highest BCUT2D eigenvalue weighted by molar-refractivity contribution is 6.30. The molecule has 1 unspecified atom stereocenters. The van der Waals surface area contributed by atoms with Crippen molar-refractivity contribution < 1.29 is 19.6 Å². The number of nitro groups is 1. The van der Waals surface area contributed by atoms with Crippen LogP contribution in [0.5, 0.6) is 0 Å². The van der Waals surface area contributed by atoms with Gasteiger partial charge in [0.05, 0.1) is 16.6 Å². The van der Waals surface area contributed by atoms with Gasteiger partial charge in [-0.25, -0.2) is 0 Å². The van der Waals surface area contributed by atoms with E-state index in [0.717, 1.165) is 28.3 Å². The second kappa shape index (κ2) is 10.7. The Morgan fingerprint density at radius 2 is 1.73 bits per heavy atom. The SMILES string of the molecule is O=C(c1ccc([N+](=O)[O-])cc1)C(C(=O)N(CCO)Cc1ccccc1)n1cc(Cl)ccc1=O. The fourth-order valence-corrected chi connectivity index (χ4v) is 3.47. The number of pyridine rings is 1. The Balaban J connectivity index is 2.06. The highest BCUT2D eigenvalue weighted by atomic mass is 35.5. The van der Waals surface area contributed by atoms with Crippen LogP contribution in [0.1, 0.15) is 22.0 Å². The zero-order valence-corrected chi connectivity index (χ0v) is 18.1. The first-order valence-corrected chi connectivity index (χ1v) is 10.3. The zero-order chi connectivity index (χ0) is 24.0. The van der Waals surface area contributed by atoms with Gasteiger partial charge in [-0.05, 0) is 23.8 Å². The third-order valence-electron chi connectivity index (χ3n) is 4.92. The van der Waals surface area contributed by atoms with Crippen LogP contribution < -0.4 is 5.56 Å². The summed E-state index contributed by atoms with van der Waals surface area (Å²) in [5, 5.41) is 20.6. The molecule has 9 nitrogen and oxygen atoms in total. The lowest BCUT2D eigenvalue weighted by molar-refractivity contribution is -0.384. The molecule has 33 heavy (non-hydrogen) atoms. The van der Waals surface area contributed by atoms with Crippen molar-refractivity contribution in [3.63, 3.8) is 0 Å². The fourth-order valence-electron chi connectivity index (χ4n) is 3.31. The maximum absolute atomic E-state index is 13.6. The molecule has 3 aromatic rings. The van der Waals surface area contributed by atoms with Crippen LogP contribution in [0, 0.1) is 10.1 Å². The molecule has 1 amide bonds. The molecule has 0 saturated carbocycles. The Hall–Kier alpha value is -3.82. The molecule has 170 valence electrons. The normalized spacial score (nSPS) is 11.6. The number of ketones is 1. The third-order valence-corrected chi connectivity index (χ3v) is 5.15. The Kier molecular flexibility index (Phi) is 7.70. The molecular weight excluding hydrogens is 450 g/mol. The first kappa shape index (κ1) is 23.8. The van der Waals surface area contributed by atoms with Gasteiger partial charge in [0.2, 0.25) is 0 Å². The number of hydrogen-bond acceptors (Lipinski definition) is 6. The molecule has 0 aliphatic carbocycles. The van der Waals surface area contributed by atoms with Crippen molar-refractivity contribution in [2.24, 2.45) is 0 Å². The number of nitro benzene ring substituents is 1. The van der Waals surface area contributed by atoms with Crippen molar-refractivity contribution in [1.29, 1.82) is 0 Å². The molecule has 0 aliphatic rings. The number of aromatic nitrogens is 1. The van der Waals surface area contributed by atoms with Gasteiger partial charge in [0.25, 0.3) is 17.2 Å². The lowest BCUT2D eigenvalue weighted by atomic mass is 10.0. The van der Waals surface area contributed by atoms with Gasteiger partial charge in [-0.15, -0.1) is 0 Å². The molecule has 0 spiro atoms. The van der Waals surface area contributed by atoms with Gasteiger partial charge in [0, 0.05) is 43.0 Å². The summed E-state index contributed by atoms with van der Waals surface area (Å²) in [5.41, 5.74) is -0.0780. The third kappa shape index (κ3) is 5.71. The molecule has 1 heterocycles. The maximum atomic E-state index is 13.6. The van der Waals surface area contributed by atoms with Crippen molar-refractivity contribution in [3.05, 3.63) is 110 Å². The number of amides is 1. The minimum absolute atomic E-state index is 0.00878. The first-order valence-electron chi connectivity index (χ1n) is 9.91. The van der Waals surface area contributed by atoms with Gasteiger partial charge in [-0.2, -0.15) is 0 Å². The molecule has 10 heteroatoms. The lowest BCUT2D eigenvalue weighted by Crippen LogP contribution is -2.44. The summed E-state index contributed by atoms with van der Waals surface area (Å²) in [5.74, 6) is -1.46. The van der Waals surface area contributed by atoms with E-state index in [9.17, 15) is 29.6 Å². The summed E-state index contributed by atoms with van der Waals surface area (Å²) >= 11 is 6.03. The molecule has 1 N–H and O–H groups in total. The molecule has 2 aromatic carbocycles. The van der Waals surface area contributed by atoms with E-state index < -0.39 is 28.2 Å². The number of Topliss-reactive ketones (excluding diaryl/α,β-unsaturated/α-hetero) is 1. The topological polar surface area (TPSA) is 123 Å². The van der Waals surface area contributed by atoms with Gasteiger partial charge in [0.1, 0.15) is 0 Å². The molecule has 3 rings (SSSR count). The predicted octanol–water partition coefficient (Wildman–Crippen LogP) is 2.86. The minimum atomic E-state index is -1.62. The molecule has 0 aliphatic heterocycles. The second-order valence-electron chi connectivity index (χ2n) is 7.13. The molecule has 0 saturated heterocycles. The monoisotopic (exact) mass is 469 g/mol. The number of non-ortho nitro benzene ring substituents is 1. The van der Waals surface area contributed by atoms with Gasteiger partial charge in [-0.3, -0.25) is 29.1 Å². The van der Waals surface area contributed by atoms with E-state index in [4.69, 9.17) is 11.6 Å². The maximum Gasteiger partial charge on any atom is 0.269 e. The number of aliphatic hydroxyl groups excluding tert-OH is 1. The average molecular weight is 470 g/mol. The van der Waals surface area contributed by atoms with E-state index in [1.807, 2.05) is 6.07 Å². The minimum Gasteiger partial charge on any atom is -0.395 e. The van der Waals surface area contributed by atoms with E-state index in [-0.39, 0.29) is 36.0 Å². The van der Waals surface area contributed by atoms with Crippen LogP contribution in [-0.2, 0) is 11.3 Å². The second-order valence-corrected chi connectivity index (χ2v) is 7.57. The van der Waals surface area contributed by atoms with Crippen LogP contribution >= 0.6 is 11.6 Å². The van der Waals surface area contributed by atoms with E-state index in [0.29, 0.717) is 0 Å². The van der Waals surface area contributed by atoms with Crippen LogP contribution in [0.4, 0.5) is 5.69 Å². The standard InChI is InChI=1S/C23H20ClN3O6/c24-18-8-11-20(29)26(15-18)21(22(30)17-6-9-19(10-7-17)27(32)33)23(31)25(12-13-28)14-16-4-2-1-3-5-16/h1-11,15,21,28H,12-14H2. The molecular formula is C23H20ClN3O6. The summed E-state index contributed by atoms with van der Waals surface area (Å²) in [4.78, 5) is 51.2. The van der Waals surface area contributed by atoms with Crippen molar-refractivity contribution in [3.8, 4) is 0 Å². The van der Waals surface area contributed by atoms with Crippen molar-refractivity contribution >= 4 is 29.0 Å². The Morgan fingerprint density at radius 1 is 1.06 bits per heavy atom. The van der Waals surface area contributed by atoms with Crippen LogP contribution in [0.15, 0.2) is 77.7 Å². The van der Waals surface area contributed by atoms with Crippen LogP contribution in [0.3, 0.4) is 0 Å². The lowest BCUT2D eigenvalue weighted by Gasteiger charge is -2.27. The van der Waals surface area contributed by atoms with Crippen LogP contribution in [0.25, 0.3) is 0 Å². The largest absolute Gasteiger partial charge is 0.395 e. The van der Waals surface area contributed by atoms with Gasteiger partial charge < -0.3 is 10.0 Å². The van der Waals surface area contributed by atoms with Gasteiger partial charge in [0.15, 0.2) is 11.8 Å². The van der Waals surface area contributed by atoms with Crippen molar-refractivity contribution in [2.45, 2.75) is 12.6 Å². The first-order chi connectivity index (χ1) is 15.8. The van der Waals surface area contributed by atoms with E-state index in [2.05, 4.69) is 0 Å². The van der Waals surface area contributed by atoms with E-state index in [1.165, 1.54) is 29.3 Å². The predicted molar refractivity (Wildman–Crippen MR) is 121 cm³/mol. The van der Waals surface area contributed by atoms with Gasteiger partial charge >= 0.3 is 0 Å². The Bertz CT molecular complexity index is 1210. The summed E-state index contributed by atoms with van der Waals surface area (Å²) in [6.07, 6.45) is 1.19. The summed E-state index contributed by atoms with van der Waals surface area (Å²) in [6.45, 7) is -0.339. The number of benzene rings is 2. The Morgan fingerprint density at radius 3 is 2.33 bits per heavy atom. The van der Waals surface area contributed by atoms with Crippen LogP contribution in [0.2, 0.25) is 5.02 Å². The van der Waals surface area contributed by atoms with Crippen molar-refractivity contribution in [1.82, 2.24) is 9.47 Å². The van der Waals surface area contributed by atoms with Crippen molar-refractivity contribution in [2.75, 3.05) is 13.2 Å². The molecule has 0 fully saturated rings. The summed E-state index contributed by atoms with van der Waals surface area (Å²) < 4.78 is 0.934. The fraction of sp³-hybridized carbons (Fsp3) is 0.174. The van der Waals surface area contributed by atoms with E-state index in [1.54, 1.807) is 24.3 Å². The smallest absolute Gasteiger partial charge is 0.269 e. The number of rotatable bonds is 9. The number of carbonyl (C=O) groups is 2.